The molecule has 144 valence electrons. The Hall–Kier alpha value is -3.04. The summed E-state index contributed by atoms with van der Waals surface area (Å²) in [5.74, 6) is -2.50. The van der Waals surface area contributed by atoms with Crippen molar-refractivity contribution in [3.05, 3.63) is 70.2 Å². The molecule has 0 aliphatic heterocycles. The first-order valence-electron chi connectivity index (χ1n) is 7.92. The van der Waals surface area contributed by atoms with Gasteiger partial charge in [0.2, 0.25) is 5.91 Å². The van der Waals surface area contributed by atoms with Crippen LogP contribution >= 0.6 is 22.9 Å². The van der Waals surface area contributed by atoms with Gasteiger partial charge in [-0.2, -0.15) is 0 Å². The molecule has 0 radical (unpaired) electrons. The molecule has 3 rings (SSSR count). The van der Waals surface area contributed by atoms with Gasteiger partial charge in [0.15, 0.2) is 16.8 Å². The van der Waals surface area contributed by atoms with Gasteiger partial charge < -0.3 is 10.6 Å². The molecule has 0 unspecified atom stereocenters. The zero-order valence-corrected chi connectivity index (χ0v) is 15.7. The van der Waals surface area contributed by atoms with Crippen LogP contribution in [0.3, 0.4) is 0 Å². The van der Waals surface area contributed by atoms with Crippen LogP contribution in [0.15, 0.2) is 47.8 Å². The Kier molecular flexibility index (Phi) is 6.17. The first-order chi connectivity index (χ1) is 13.4. The molecule has 3 aromatic rings. The molecule has 6 nitrogen and oxygen atoms in total. The Morgan fingerprint density at radius 2 is 1.68 bits per heavy atom. The SMILES string of the molecule is O=C(Cc1csc(NC(=O)Nc2ccc(Cl)cc2)n1)Nc1ccc(F)c(F)c1. The highest BCUT2D eigenvalue weighted by atomic mass is 35.5. The normalized spacial score (nSPS) is 10.4. The second-order valence-electron chi connectivity index (χ2n) is 5.58. The standard InChI is InChI=1S/C18H13ClF2N4O2S/c19-10-1-3-11(4-2-10)23-17(27)25-18-24-13(9-28-18)8-16(26)22-12-5-6-14(20)15(21)7-12/h1-7,9H,8H2,(H,22,26)(H2,23,24,25,27). The monoisotopic (exact) mass is 422 g/mol. The maximum atomic E-state index is 13.2. The molecule has 0 saturated carbocycles. The van der Waals surface area contributed by atoms with E-state index in [1.165, 1.54) is 6.07 Å². The molecular weight excluding hydrogens is 410 g/mol. The maximum absolute atomic E-state index is 13.2. The quantitative estimate of drug-likeness (QED) is 0.547. The lowest BCUT2D eigenvalue weighted by Crippen LogP contribution is -2.19. The molecule has 3 amide bonds. The van der Waals surface area contributed by atoms with Crippen LogP contribution in [0.4, 0.5) is 30.1 Å². The van der Waals surface area contributed by atoms with Crippen LogP contribution in [-0.2, 0) is 11.2 Å². The van der Waals surface area contributed by atoms with Crippen molar-refractivity contribution in [2.24, 2.45) is 0 Å². The number of aromatic nitrogens is 1. The average Bonchev–Trinajstić information content (AvgIpc) is 3.06. The molecule has 28 heavy (non-hydrogen) atoms. The van der Waals surface area contributed by atoms with Crippen LogP contribution in [0.5, 0.6) is 0 Å². The number of carbonyl (C=O) groups excluding carboxylic acids is 2. The lowest BCUT2D eigenvalue weighted by atomic mass is 10.2. The van der Waals surface area contributed by atoms with Gasteiger partial charge in [0.05, 0.1) is 12.1 Å². The van der Waals surface area contributed by atoms with Crippen LogP contribution in [0.1, 0.15) is 5.69 Å². The van der Waals surface area contributed by atoms with Gasteiger partial charge in [-0.25, -0.2) is 18.6 Å². The molecule has 10 heteroatoms. The van der Waals surface area contributed by atoms with Crippen molar-refractivity contribution in [1.29, 1.82) is 0 Å². The largest absolute Gasteiger partial charge is 0.326 e. The number of halogens is 3. The minimum atomic E-state index is -1.05. The van der Waals surface area contributed by atoms with E-state index >= 15 is 0 Å². The average molecular weight is 423 g/mol. The van der Waals surface area contributed by atoms with Gasteiger partial charge in [-0.15, -0.1) is 11.3 Å². The maximum Gasteiger partial charge on any atom is 0.325 e. The topological polar surface area (TPSA) is 83.1 Å². The number of urea groups is 1. The highest BCUT2D eigenvalue weighted by Gasteiger charge is 2.11. The fraction of sp³-hybridized carbons (Fsp3) is 0.0556. The van der Waals surface area contributed by atoms with Crippen LogP contribution < -0.4 is 16.0 Å². The van der Waals surface area contributed by atoms with E-state index in [9.17, 15) is 18.4 Å². The highest BCUT2D eigenvalue weighted by Crippen LogP contribution is 2.18. The second kappa shape index (κ2) is 8.77. The number of carbonyl (C=O) groups is 2. The summed E-state index contributed by atoms with van der Waals surface area (Å²) in [4.78, 5) is 28.1. The first-order valence-corrected chi connectivity index (χ1v) is 9.18. The fourth-order valence-electron chi connectivity index (χ4n) is 2.18. The number of hydrogen-bond acceptors (Lipinski definition) is 4. The summed E-state index contributed by atoms with van der Waals surface area (Å²) < 4.78 is 26.1. The summed E-state index contributed by atoms with van der Waals surface area (Å²) in [5.41, 5.74) is 1.12. The Labute approximate surface area is 167 Å². The van der Waals surface area contributed by atoms with Crippen molar-refractivity contribution in [3.63, 3.8) is 0 Å². The van der Waals surface area contributed by atoms with Crippen molar-refractivity contribution in [1.82, 2.24) is 4.98 Å². The third kappa shape index (κ3) is 5.48. The number of benzene rings is 2. The third-order valence-corrected chi connectivity index (χ3v) is 4.48. The number of amides is 3. The molecule has 0 saturated heterocycles. The van der Waals surface area contributed by atoms with Crippen LogP contribution in [0.25, 0.3) is 0 Å². The molecule has 0 atom stereocenters. The smallest absolute Gasteiger partial charge is 0.325 e. The second-order valence-corrected chi connectivity index (χ2v) is 6.88. The van der Waals surface area contributed by atoms with E-state index in [0.29, 0.717) is 21.5 Å². The number of anilines is 3. The summed E-state index contributed by atoms with van der Waals surface area (Å²) >= 11 is 6.93. The number of nitrogens with zero attached hydrogens (tertiary/aromatic N) is 1. The van der Waals surface area contributed by atoms with Crippen LogP contribution in [-0.4, -0.2) is 16.9 Å². The number of hydrogen-bond donors (Lipinski definition) is 3. The minimum absolute atomic E-state index is 0.0873. The van der Waals surface area contributed by atoms with Crippen molar-refractivity contribution in [2.75, 3.05) is 16.0 Å². The number of rotatable bonds is 5. The van der Waals surface area contributed by atoms with Gasteiger partial charge in [-0.1, -0.05) is 11.6 Å². The Morgan fingerprint density at radius 3 is 2.39 bits per heavy atom. The van der Waals surface area contributed by atoms with Gasteiger partial charge in [0.1, 0.15) is 0 Å². The lowest BCUT2D eigenvalue weighted by molar-refractivity contribution is -0.115. The van der Waals surface area contributed by atoms with E-state index in [1.54, 1.807) is 29.6 Å². The predicted molar refractivity (Wildman–Crippen MR) is 105 cm³/mol. The Balaban J connectivity index is 1.53. The van der Waals surface area contributed by atoms with Crippen LogP contribution in [0.2, 0.25) is 5.02 Å². The summed E-state index contributed by atoms with van der Waals surface area (Å²) in [6.45, 7) is 0. The van der Waals surface area contributed by atoms with Gasteiger partial charge in [0, 0.05) is 27.8 Å². The van der Waals surface area contributed by atoms with Crippen molar-refractivity contribution < 1.29 is 18.4 Å². The molecule has 0 bridgehead atoms. The van der Waals surface area contributed by atoms with E-state index in [4.69, 9.17) is 11.6 Å². The van der Waals surface area contributed by atoms with Crippen molar-refractivity contribution >= 4 is 51.4 Å². The molecule has 3 N–H and O–H groups in total. The molecule has 0 spiro atoms. The van der Waals surface area contributed by atoms with E-state index < -0.39 is 23.6 Å². The lowest BCUT2D eigenvalue weighted by Gasteiger charge is -2.05. The summed E-state index contributed by atoms with van der Waals surface area (Å²) in [7, 11) is 0. The molecule has 0 aliphatic carbocycles. The first kappa shape index (κ1) is 19.7. The number of thiazole rings is 1. The van der Waals surface area contributed by atoms with E-state index in [-0.39, 0.29) is 12.1 Å². The third-order valence-electron chi connectivity index (χ3n) is 3.42. The Bertz CT molecular complexity index is 1010. The fourth-order valence-corrected chi connectivity index (χ4v) is 3.01. The van der Waals surface area contributed by atoms with Crippen molar-refractivity contribution in [2.45, 2.75) is 6.42 Å². The molecule has 2 aromatic carbocycles. The summed E-state index contributed by atoms with van der Waals surface area (Å²) in [6.07, 6.45) is -0.0873. The predicted octanol–water partition coefficient (Wildman–Crippen LogP) is 4.90. The molecular formula is C18H13ClF2N4O2S. The zero-order valence-electron chi connectivity index (χ0n) is 14.1. The van der Waals surface area contributed by atoms with E-state index in [2.05, 4.69) is 20.9 Å². The molecule has 1 heterocycles. The number of nitrogens with one attached hydrogen (secondary N) is 3. The van der Waals surface area contributed by atoms with Gasteiger partial charge in [0.25, 0.3) is 0 Å². The molecule has 0 aliphatic rings. The van der Waals surface area contributed by atoms with Gasteiger partial charge >= 0.3 is 6.03 Å². The van der Waals surface area contributed by atoms with E-state index in [0.717, 1.165) is 23.5 Å². The molecule has 1 aromatic heterocycles. The minimum Gasteiger partial charge on any atom is -0.326 e. The summed E-state index contributed by atoms with van der Waals surface area (Å²) in [6, 6.07) is 9.17. The Morgan fingerprint density at radius 1 is 0.964 bits per heavy atom. The van der Waals surface area contributed by atoms with Gasteiger partial charge in [-0.3, -0.25) is 10.1 Å². The summed E-state index contributed by atoms with van der Waals surface area (Å²) in [5, 5.41) is 10.1. The van der Waals surface area contributed by atoms with E-state index in [1.807, 2.05) is 0 Å². The zero-order chi connectivity index (χ0) is 20.1. The molecule has 0 fully saturated rings. The van der Waals surface area contributed by atoms with Crippen LogP contribution in [0, 0.1) is 11.6 Å². The van der Waals surface area contributed by atoms with Crippen molar-refractivity contribution in [3.8, 4) is 0 Å². The van der Waals surface area contributed by atoms with Gasteiger partial charge in [-0.05, 0) is 36.4 Å². The highest BCUT2D eigenvalue weighted by molar-refractivity contribution is 7.14.